The van der Waals surface area contributed by atoms with Crippen LogP contribution in [-0.2, 0) is 12.4 Å². The molecule has 0 radical (unpaired) electrons. The standard InChI is InChI=1S/C21H10F6N6O2/c22-20(23,24)14-6-9(4-5-28-14)31-18(34)11-7-30-33(17(11)21(25,26)27)13-8-29-16-15-10(13)2-1-3-12(15)32-19(16)35/h1-8H,(H,32,35)(H,28,31,34). The molecule has 0 fully saturated rings. The summed E-state index contributed by atoms with van der Waals surface area (Å²) in [6.07, 6.45) is -7.47. The van der Waals surface area contributed by atoms with Crippen molar-refractivity contribution < 1.29 is 35.9 Å². The number of pyridine rings is 2. The van der Waals surface area contributed by atoms with E-state index in [1.54, 1.807) is 6.07 Å². The molecule has 0 saturated heterocycles. The Hall–Kier alpha value is -4.49. The number of amides is 2. The van der Waals surface area contributed by atoms with Crippen molar-refractivity contribution in [2.45, 2.75) is 12.4 Å². The van der Waals surface area contributed by atoms with E-state index in [1.165, 1.54) is 12.1 Å². The summed E-state index contributed by atoms with van der Waals surface area (Å²) in [6.45, 7) is 0. The Bertz CT molecular complexity index is 1530. The summed E-state index contributed by atoms with van der Waals surface area (Å²) in [4.78, 5) is 31.8. The molecule has 0 bridgehead atoms. The molecule has 0 spiro atoms. The van der Waals surface area contributed by atoms with Crippen LogP contribution < -0.4 is 10.6 Å². The van der Waals surface area contributed by atoms with Gasteiger partial charge in [0.25, 0.3) is 11.8 Å². The van der Waals surface area contributed by atoms with E-state index in [1.807, 2.05) is 5.32 Å². The average Bonchev–Trinajstić information content (AvgIpc) is 3.37. The van der Waals surface area contributed by atoms with Crippen molar-refractivity contribution in [2.75, 3.05) is 10.6 Å². The molecule has 4 aromatic rings. The van der Waals surface area contributed by atoms with Crippen LogP contribution >= 0.6 is 0 Å². The van der Waals surface area contributed by atoms with E-state index in [9.17, 15) is 35.9 Å². The van der Waals surface area contributed by atoms with Crippen molar-refractivity contribution >= 4 is 34.0 Å². The molecule has 0 unspecified atom stereocenters. The van der Waals surface area contributed by atoms with Gasteiger partial charge >= 0.3 is 12.4 Å². The van der Waals surface area contributed by atoms with Crippen LogP contribution in [0.1, 0.15) is 32.2 Å². The molecule has 2 N–H and O–H groups in total. The van der Waals surface area contributed by atoms with E-state index >= 15 is 0 Å². The van der Waals surface area contributed by atoms with Gasteiger partial charge in [0, 0.05) is 22.7 Å². The van der Waals surface area contributed by atoms with E-state index in [0.29, 0.717) is 28.0 Å². The topological polar surface area (TPSA) is 102 Å². The highest BCUT2D eigenvalue weighted by Gasteiger charge is 2.41. The molecule has 2 amide bonds. The first-order chi connectivity index (χ1) is 16.4. The monoisotopic (exact) mass is 492 g/mol. The fourth-order valence-electron chi connectivity index (χ4n) is 3.74. The summed E-state index contributed by atoms with van der Waals surface area (Å²) in [6, 6.07) is 6.03. The number of carbonyl (C=O) groups is 2. The Morgan fingerprint density at radius 3 is 2.49 bits per heavy atom. The molecule has 178 valence electrons. The Morgan fingerprint density at radius 1 is 1.00 bits per heavy atom. The molecule has 35 heavy (non-hydrogen) atoms. The second-order valence-electron chi connectivity index (χ2n) is 7.37. The van der Waals surface area contributed by atoms with Crippen LogP contribution in [0.2, 0.25) is 0 Å². The van der Waals surface area contributed by atoms with Crippen molar-refractivity contribution in [1.82, 2.24) is 19.7 Å². The Labute approximate surface area is 190 Å². The Kier molecular flexibility index (Phi) is 4.79. The number of rotatable bonds is 3. The molecule has 4 heterocycles. The number of nitrogens with one attached hydrogen (secondary N) is 2. The lowest BCUT2D eigenvalue weighted by Gasteiger charge is -2.14. The van der Waals surface area contributed by atoms with E-state index in [-0.39, 0.29) is 16.8 Å². The molecule has 1 aromatic carbocycles. The molecular formula is C21H10F6N6O2. The predicted octanol–water partition coefficient (Wildman–Crippen LogP) is 4.67. The predicted molar refractivity (Wildman–Crippen MR) is 109 cm³/mol. The third-order valence-corrected chi connectivity index (χ3v) is 5.18. The fourth-order valence-corrected chi connectivity index (χ4v) is 3.74. The third kappa shape index (κ3) is 3.72. The van der Waals surface area contributed by atoms with Crippen LogP contribution in [0, 0.1) is 0 Å². The van der Waals surface area contributed by atoms with Gasteiger partial charge < -0.3 is 10.6 Å². The maximum Gasteiger partial charge on any atom is 0.434 e. The van der Waals surface area contributed by atoms with Crippen LogP contribution in [0.25, 0.3) is 16.5 Å². The first-order valence-corrected chi connectivity index (χ1v) is 9.68. The van der Waals surface area contributed by atoms with Gasteiger partial charge in [0.1, 0.15) is 11.4 Å². The van der Waals surface area contributed by atoms with Gasteiger partial charge in [-0.15, -0.1) is 0 Å². The van der Waals surface area contributed by atoms with Gasteiger partial charge in [-0.05, 0) is 18.2 Å². The molecular weight excluding hydrogens is 482 g/mol. The molecule has 0 atom stereocenters. The van der Waals surface area contributed by atoms with Crippen LogP contribution in [0.3, 0.4) is 0 Å². The molecule has 0 saturated carbocycles. The zero-order valence-electron chi connectivity index (χ0n) is 17.0. The first kappa shape index (κ1) is 22.3. The number of hydrogen-bond acceptors (Lipinski definition) is 5. The zero-order valence-corrected chi connectivity index (χ0v) is 17.0. The Morgan fingerprint density at radius 2 is 1.77 bits per heavy atom. The van der Waals surface area contributed by atoms with Crippen molar-refractivity contribution in [2.24, 2.45) is 0 Å². The second-order valence-corrected chi connectivity index (χ2v) is 7.37. The van der Waals surface area contributed by atoms with Crippen LogP contribution in [0.15, 0.2) is 48.9 Å². The molecule has 8 nitrogen and oxygen atoms in total. The minimum absolute atomic E-state index is 0.0242. The number of halogens is 6. The second kappa shape index (κ2) is 7.51. The number of nitrogens with zero attached hydrogens (tertiary/aromatic N) is 4. The summed E-state index contributed by atoms with van der Waals surface area (Å²) < 4.78 is 81.4. The van der Waals surface area contributed by atoms with Crippen molar-refractivity contribution in [1.29, 1.82) is 0 Å². The van der Waals surface area contributed by atoms with E-state index in [4.69, 9.17) is 0 Å². The van der Waals surface area contributed by atoms with Gasteiger partial charge in [-0.25, -0.2) is 9.67 Å². The molecule has 14 heteroatoms. The van der Waals surface area contributed by atoms with Gasteiger partial charge in [0.05, 0.1) is 29.3 Å². The van der Waals surface area contributed by atoms with Gasteiger partial charge in [0.15, 0.2) is 5.69 Å². The highest BCUT2D eigenvalue weighted by atomic mass is 19.4. The summed E-state index contributed by atoms with van der Waals surface area (Å²) in [5, 5.41) is 8.80. The summed E-state index contributed by atoms with van der Waals surface area (Å²) in [5.74, 6) is -1.85. The van der Waals surface area contributed by atoms with Gasteiger partial charge in [0.2, 0.25) is 0 Å². The highest BCUT2D eigenvalue weighted by molar-refractivity contribution is 6.23. The SMILES string of the molecule is O=C(Nc1ccnc(C(F)(F)F)c1)c1cnn(-c2cnc3c4c(cccc24)NC3=O)c1C(F)(F)F. The molecule has 0 aliphatic carbocycles. The maximum atomic E-state index is 14.1. The lowest BCUT2D eigenvalue weighted by molar-refractivity contribution is -0.143. The number of aromatic nitrogens is 4. The lowest BCUT2D eigenvalue weighted by Crippen LogP contribution is -2.21. The number of benzene rings is 1. The van der Waals surface area contributed by atoms with E-state index in [0.717, 1.165) is 18.5 Å². The smallest absolute Gasteiger partial charge is 0.322 e. The average molecular weight is 492 g/mol. The Balaban J connectivity index is 1.61. The van der Waals surface area contributed by atoms with E-state index < -0.39 is 46.8 Å². The molecule has 5 rings (SSSR count). The minimum atomic E-state index is -5.09. The van der Waals surface area contributed by atoms with Crippen LogP contribution in [0.4, 0.5) is 37.7 Å². The van der Waals surface area contributed by atoms with Crippen LogP contribution in [-0.4, -0.2) is 31.6 Å². The zero-order chi connectivity index (χ0) is 25.1. The number of alkyl halides is 6. The van der Waals surface area contributed by atoms with E-state index in [2.05, 4.69) is 20.4 Å². The maximum absolute atomic E-state index is 14.1. The van der Waals surface area contributed by atoms with Gasteiger partial charge in [-0.3, -0.25) is 14.6 Å². The normalized spacial score (nSPS) is 13.3. The molecule has 3 aromatic heterocycles. The van der Waals surface area contributed by atoms with Crippen molar-refractivity contribution in [3.05, 3.63) is 71.6 Å². The number of anilines is 2. The summed E-state index contributed by atoms with van der Waals surface area (Å²) in [7, 11) is 0. The summed E-state index contributed by atoms with van der Waals surface area (Å²) >= 11 is 0. The first-order valence-electron chi connectivity index (χ1n) is 9.68. The molecule has 1 aliphatic heterocycles. The largest absolute Gasteiger partial charge is 0.434 e. The van der Waals surface area contributed by atoms with Crippen LogP contribution in [0.5, 0.6) is 0 Å². The third-order valence-electron chi connectivity index (χ3n) is 5.18. The number of hydrogen-bond donors (Lipinski definition) is 2. The number of carbonyl (C=O) groups excluding carboxylic acids is 2. The lowest BCUT2D eigenvalue weighted by atomic mass is 10.1. The van der Waals surface area contributed by atoms with Gasteiger partial charge in [-0.2, -0.15) is 31.4 Å². The molecule has 1 aliphatic rings. The summed E-state index contributed by atoms with van der Waals surface area (Å²) in [5.41, 5.74) is -3.92. The highest BCUT2D eigenvalue weighted by Crippen LogP contribution is 2.38. The quantitative estimate of drug-likeness (QED) is 0.405. The minimum Gasteiger partial charge on any atom is -0.322 e. The fraction of sp³-hybridized carbons (Fsp3) is 0.0952. The van der Waals surface area contributed by atoms with Gasteiger partial charge in [-0.1, -0.05) is 12.1 Å². The van der Waals surface area contributed by atoms with Crippen molar-refractivity contribution in [3.63, 3.8) is 0 Å². The van der Waals surface area contributed by atoms with Crippen molar-refractivity contribution in [3.8, 4) is 5.69 Å².